The van der Waals surface area contributed by atoms with Crippen LogP contribution in [0, 0.1) is 5.92 Å². The molecule has 80 valence electrons. The van der Waals surface area contributed by atoms with E-state index in [1.165, 1.54) is 0 Å². The zero-order chi connectivity index (χ0) is 10.6. The summed E-state index contributed by atoms with van der Waals surface area (Å²) in [6.45, 7) is 6.27. The molecular formula is C10H17NO3. The van der Waals surface area contributed by atoms with E-state index in [-0.39, 0.29) is 17.8 Å². The second-order valence-electron chi connectivity index (χ2n) is 3.67. The lowest BCUT2D eigenvalue weighted by Gasteiger charge is -2.08. The second kappa shape index (κ2) is 4.98. The predicted molar refractivity (Wildman–Crippen MR) is 53.0 cm³/mol. The van der Waals surface area contributed by atoms with Crippen molar-refractivity contribution in [3.8, 4) is 0 Å². The molecule has 0 N–H and O–H groups in total. The summed E-state index contributed by atoms with van der Waals surface area (Å²) in [7, 11) is 0. The van der Waals surface area contributed by atoms with Crippen molar-refractivity contribution in [2.75, 3.05) is 6.61 Å². The van der Waals surface area contributed by atoms with Crippen LogP contribution in [0.4, 0.5) is 0 Å². The average molecular weight is 199 g/mol. The Morgan fingerprint density at radius 2 is 2.43 bits per heavy atom. The molecule has 4 nitrogen and oxygen atoms in total. The molecule has 1 aliphatic heterocycles. The van der Waals surface area contributed by atoms with Crippen molar-refractivity contribution < 1.29 is 14.4 Å². The van der Waals surface area contributed by atoms with Gasteiger partial charge in [-0.1, -0.05) is 19.0 Å². The summed E-state index contributed by atoms with van der Waals surface area (Å²) in [4.78, 5) is 16.5. The van der Waals surface area contributed by atoms with Crippen molar-refractivity contribution in [2.45, 2.75) is 39.7 Å². The maximum absolute atomic E-state index is 11.4. The van der Waals surface area contributed by atoms with Crippen LogP contribution in [0.1, 0.15) is 33.6 Å². The average Bonchev–Trinajstić information content (AvgIpc) is 2.53. The van der Waals surface area contributed by atoms with Crippen LogP contribution in [0.15, 0.2) is 5.16 Å². The molecule has 1 atom stereocenters. The molecule has 1 rings (SSSR count). The van der Waals surface area contributed by atoms with Gasteiger partial charge >= 0.3 is 0 Å². The Morgan fingerprint density at radius 1 is 1.71 bits per heavy atom. The predicted octanol–water partition coefficient (Wildman–Crippen LogP) is 1.74. The minimum atomic E-state index is -0.119. The standard InChI is InChI=1S/C10H17NO3/c1-4-13-10-6-8(14-11-10)5-9(12)7(2)3/h7-8H,4-6H2,1-3H3/t8-/m1/s1. The van der Waals surface area contributed by atoms with Gasteiger partial charge < -0.3 is 9.57 Å². The van der Waals surface area contributed by atoms with Gasteiger partial charge in [0, 0.05) is 12.3 Å². The molecule has 0 aromatic carbocycles. The zero-order valence-electron chi connectivity index (χ0n) is 8.95. The van der Waals surface area contributed by atoms with Gasteiger partial charge in [-0.3, -0.25) is 4.79 Å². The van der Waals surface area contributed by atoms with Gasteiger partial charge in [-0.05, 0) is 6.92 Å². The third kappa shape index (κ3) is 3.01. The Balaban J connectivity index is 2.28. The minimum absolute atomic E-state index is 0.0646. The smallest absolute Gasteiger partial charge is 0.229 e. The molecule has 0 unspecified atom stereocenters. The largest absolute Gasteiger partial charge is 0.479 e. The summed E-state index contributed by atoms with van der Waals surface area (Å²) in [5.41, 5.74) is 0. The van der Waals surface area contributed by atoms with Crippen LogP contribution < -0.4 is 0 Å². The first-order chi connectivity index (χ1) is 6.63. The van der Waals surface area contributed by atoms with E-state index in [0.717, 1.165) is 0 Å². The highest BCUT2D eigenvalue weighted by atomic mass is 16.7. The van der Waals surface area contributed by atoms with Gasteiger partial charge in [0.15, 0.2) is 0 Å². The first-order valence-electron chi connectivity index (χ1n) is 5.01. The van der Waals surface area contributed by atoms with Crippen molar-refractivity contribution in [1.29, 1.82) is 0 Å². The zero-order valence-corrected chi connectivity index (χ0v) is 8.95. The van der Waals surface area contributed by atoms with Gasteiger partial charge in [-0.2, -0.15) is 0 Å². The minimum Gasteiger partial charge on any atom is -0.479 e. The van der Waals surface area contributed by atoms with Gasteiger partial charge in [-0.15, -0.1) is 0 Å². The lowest BCUT2D eigenvalue weighted by molar-refractivity contribution is -0.124. The summed E-state index contributed by atoms with van der Waals surface area (Å²) in [6.07, 6.45) is 0.927. The normalized spacial score (nSPS) is 20.6. The van der Waals surface area contributed by atoms with Crippen LogP contribution in [0.3, 0.4) is 0 Å². The van der Waals surface area contributed by atoms with Gasteiger partial charge in [0.25, 0.3) is 0 Å². The molecule has 0 spiro atoms. The van der Waals surface area contributed by atoms with E-state index in [2.05, 4.69) is 5.16 Å². The molecule has 0 saturated carbocycles. The quantitative estimate of drug-likeness (QED) is 0.693. The first kappa shape index (κ1) is 11.0. The molecule has 0 radical (unpaired) electrons. The van der Waals surface area contributed by atoms with E-state index in [1.54, 1.807) is 0 Å². The van der Waals surface area contributed by atoms with Crippen molar-refractivity contribution in [1.82, 2.24) is 0 Å². The van der Waals surface area contributed by atoms with Gasteiger partial charge in [0.2, 0.25) is 5.90 Å². The molecule has 14 heavy (non-hydrogen) atoms. The van der Waals surface area contributed by atoms with Crippen molar-refractivity contribution >= 4 is 11.7 Å². The molecule has 1 aliphatic rings. The SMILES string of the molecule is CCOC1=NO[C@H](CC(=O)C(C)C)C1. The number of oxime groups is 1. The summed E-state index contributed by atoms with van der Waals surface area (Å²) < 4.78 is 5.19. The molecule has 0 amide bonds. The molecule has 0 bridgehead atoms. The fraction of sp³-hybridized carbons (Fsp3) is 0.800. The fourth-order valence-corrected chi connectivity index (χ4v) is 1.22. The maximum Gasteiger partial charge on any atom is 0.229 e. The van der Waals surface area contributed by atoms with Crippen LogP contribution in [-0.4, -0.2) is 24.4 Å². The van der Waals surface area contributed by atoms with E-state index in [9.17, 15) is 4.79 Å². The number of hydrogen-bond donors (Lipinski definition) is 0. The number of ether oxygens (including phenoxy) is 1. The molecule has 0 aromatic heterocycles. The van der Waals surface area contributed by atoms with Crippen molar-refractivity contribution in [3.05, 3.63) is 0 Å². The molecule has 1 heterocycles. The number of Topliss-reactive ketones (excluding diaryl/α,β-unsaturated/α-hetero) is 1. The number of nitrogens with zero attached hydrogens (tertiary/aromatic N) is 1. The number of hydrogen-bond acceptors (Lipinski definition) is 4. The third-order valence-electron chi connectivity index (χ3n) is 2.09. The van der Waals surface area contributed by atoms with E-state index in [1.807, 2.05) is 20.8 Å². The summed E-state index contributed by atoms with van der Waals surface area (Å²) >= 11 is 0. The van der Waals surface area contributed by atoms with E-state index < -0.39 is 0 Å². The lowest BCUT2D eigenvalue weighted by Crippen LogP contribution is -2.18. The fourth-order valence-electron chi connectivity index (χ4n) is 1.22. The van der Waals surface area contributed by atoms with Crippen LogP contribution >= 0.6 is 0 Å². The van der Waals surface area contributed by atoms with E-state index in [0.29, 0.717) is 25.3 Å². The summed E-state index contributed by atoms with van der Waals surface area (Å²) in [6, 6.07) is 0. The molecule has 0 aliphatic carbocycles. The molecule has 0 aromatic rings. The first-order valence-corrected chi connectivity index (χ1v) is 5.01. The van der Waals surface area contributed by atoms with Crippen LogP contribution in [0.25, 0.3) is 0 Å². The van der Waals surface area contributed by atoms with E-state index in [4.69, 9.17) is 9.57 Å². The molecule has 0 fully saturated rings. The second-order valence-corrected chi connectivity index (χ2v) is 3.67. The van der Waals surface area contributed by atoms with Crippen LogP contribution in [0.2, 0.25) is 0 Å². The highest BCUT2D eigenvalue weighted by molar-refractivity contribution is 5.83. The number of rotatable bonds is 4. The number of ketones is 1. The Kier molecular flexibility index (Phi) is 3.92. The number of carbonyl (C=O) groups is 1. The van der Waals surface area contributed by atoms with Crippen LogP contribution in [0.5, 0.6) is 0 Å². The summed E-state index contributed by atoms with van der Waals surface area (Å²) in [5.74, 6) is 0.881. The van der Waals surface area contributed by atoms with Gasteiger partial charge in [0.1, 0.15) is 11.9 Å². The molecule has 4 heteroatoms. The Hall–Kier alpha value is -1.06. The Morgan fingerprint density at radius 3 is 3.00 bits per heavy atom. The van der Waals surface area contributed by atoms with E-state index >= 15 is 0 Å². The Labute approximate surface area is 84.3 Å². The van der Waals surface area contributed by atoms with Crippen molar-refractivity contribution in [2.24, 2.45) is 11.1 Å². The highest BCUT2D eigenvalue weighted by Crippen LogP contribution is 2.16. The Bertz CT molecular complexity index is 236. The summed E-state index contributed by atoms with van der Waals surface area (Å²) in [5, 5.41) is 3.76. The topological polar surface area (TPSA) is 47.9 Å². The van der Waals surface area contributed by atoms with Gasteiger partial charge in [-0.25, -0.2) is 0 Å². The monoisotopic (exact) mass is 199 g/mol. The third-order valence-corrected chi connectivity index (χ3v) is 2.09. The maximum atomic E-state index is 11.4. The van der Waals surface area contributed by atoms with Crippen LogP contribution in [-0.2, 0) is 14.4 Å². The number of carbonyl (C=O) groups excluding carboxylic acids is 1. The van der Waals surface area contributed by atoms with Gasteiger partial charge in [0.05, 0.1) is 13.0 Å². The lowest BCUT2D eigenvalue weighted by atomic mass is 10.0. The molecular weight excluding hydrogens is 182 g/mol. The highest BCUT2D eigenvalue weighted by Gasteiger charge is 2.25. The van der Waals surface area contributed by atoms with Crippen molar-refractivity contribution in [3.63, 3.8) is 0 Å². The molecule has 0 saturated heterocycles.